The van der Waals surface area contributed by atoms with Crippen LogP contribution in [0.2, 0.25) is 15.3 Å². The SMILES string of the molecule is O=C(C1CC1)N1CCc2nc(Cl)nc(NCc3ccc(Cl)cc3Cl)c2C1. The Hall–Kier alpha value is -1.56. The van der Waals surface area contributed by atoms with Gasteiger partial charge in [0, 0.05) is 41.0 Å². The number of fused-ring (bicyclic) bond motifs is 1. The Balaban J connectivity index is 1.56. The molecule has 0 atom stereocenters. The number of hydrogen-bond donors (Lipinski definition) is 1. The molecule has 1 N–H and O–H groups in total. The molecule has 1 aromatic heterocycles. The van der Waals surface area contributed by atoms with Gasteiger partial charge in [-0.25, -0.2) is 9.97 Å². The highest BCUT2D eigenvalue weighted by atomic mass is 35.5. The van der Waals surface area contributed by atoms with E-state index in [0.717, 1.165) is 29.7 Å². The predicted molar refractivity (Wildman–Crippen MR) is 103 cm³/mol. The zero-order chi connectivity index (χ0) is 18.3. The monoisotopic (exact) mass is 410 g/mol. The highest BCUT2D eigenvalue weighted by Gasteiger charge is 2.35. The zero-order valence-electron chi connectivity index (χ0n) is 13.9. The number of carbonyl (C=O) groups is 1. The Morgan fingerprint density at radius 3 is 2.77 bits per heavy atom. The van der Waals surface area contributed by atoms with E-state index in [1.807, 2.05) is 11.0 Å². The lowest BCUT2D eigenvalue weighted by molar-refractivity contribution is -0.133. The first-order valence-electron chi connectivity index (χ1n) is 8.53. The summed E-state index contributed by atoms with van der Waals surface area (Å²) in [5.74, 6) is 1.09. The normalized spacial score (nSPS) is 16.3. The summed E-state index contributed by atoms with van der Waals surface area (Å²) in [5.41, 5.74) is 2.73. The minimum atomic E-state index is 0.203. The summed E-state index contributed by atoms with van der Waals surface area (Å²) in [4.78, 5) is 23.0. The fourth-order valence-corrected chi connectivity index (χ4v) is 3.81. The van der Waals surface area contributed by atoms with Crippen LogP contribution in [0.1, 0.15) is 29.7 Å². The van der Waals surface area contributed by atoms with Crippen molar-refractivity contribution < 1.29 is 4.79 Å². The van der Waals surface area contributed by atoms with Crippen molar-refractivity contribution in [3.8, 4) is 0 Å². The molecule has 26 heavy (non-hydrogen) atoms. The van der Waals surface area contributed by atoms with E-state index in [4.69, 9.17) is 34.8 Å². The first kappa shape index (κ1) is 17.8. The van der Waals surface area contributed by atoms with Crippen LogP contribution in [0.3, 0.4) is 0 Å². The van der Waals surface area contributed by atoms with E-state index in [-0.39, 0.29) is 17.1 Å². The van der Waals surface area contributed by atoms with E-state index in [0.29, 0.717) is 41.9 Å². The van der Waals surface area contributed by atoms with Gasteiger partial charge in [-0.3, -0.25) is 4.79 Å². The smallest absolute Gasteiger partial charge is 0.225 e. The molecule has 2 aliphatic rings. The first-order chi connectivity index (χ1) is 12.5. The van der Waals surface area contributed by atoms with Crippen LogP contribution in [0, 0.1) is 5.92 Å². The van der Waals surface area contributed by atoms with Gasteiger partial charge in [-0.15, -0.1) is 0 Å². The lowest BCUT2D eigenvalue weighted by Gasteiger charge is -2.29. The lowest BCUT2D eigenvalue weighted by Crippen LogP contribution is -2.37. The van der Waals surface area contributed by atoms with Gasteiger partial charge < -0.3 is 10.2 Å². The van der Waals surface area contributed by atoms with Crippen molar-refractivity contribution >= 4 is 46.5 Å². The van der Waals surface area contributed by atoms with Crippen molar-refractivity contribution in [1.29, 1.82) is 0 Å². The number of aromatic nitrogens is 2. The zero-order valence-corrected chi connectivity index (χ0v) is 16.2. The van der Waals surface area contributed by atoms with E-state index >= 15 is 0 Å². The maximum atomic E-state index is 12.4. The molecule has 8 heteroatoms. The summed E-state index contributed by atoms with van der Waals surface area (Å²) in [6, 6.07) is 5.37. The number of rotatable bonds is 4. The Bertz CT molecular complexity index is 870. The van der Waals surface area contributed by atoms with Crippen LogP contribution < -0.4 is 5.32 Å². The van der Waals surface area contributed by atoms with Gasteiger partial charge in [0.05, 0.1) is 12.2 Å². The molecule has 1 amide bonds. The number of nitrogens with zero attached hydrogens (tertiary/aromatic N) is 3. The molecule has 2 heterocycles. The van der Waals surface area contributed by atoms with Gasteiger partial charge in [-0.2, -0.15) is 0 Å². The van der Waals surface area contributed by atoms with Crippen molar-refractivity contribution in [2.45, 2.75) is 32.4 Å². The standard InChI is InChI=1S/C18H17Cl3N4O/c19-12-4-3-11(14(20)7-12)8-22-16-13-9-25(17(26)10-1-2-10)6-5-15(13)23-18(21)24-16/h3-4,7,10H,1-2,5-6,8-9H2,(H,22,23,24). The van der Waals surface area contributed by atoms with Gasteiger partial charge in [-0.1, -0.05) is 29.3 Å². The van der Waals surface area contributed by atoms with Gasteiger partial charge >= 0.3 is 0 Å². The molecule has 0 spiro atoms. The number of benzene rings is 1. The molecule has 0 saturated heterocycles. The van der Waals surface area contributed by atoms with E-state index in [9.17, 15) is 4.79 Å². The molecule has 1 saturated carbocycles. The molecule has 0 bridgehead atoms. The van der Waals surface area contributed by atoms with Gasteiger partial charge in [0.15, 0.2) is 0 Å². The number of halogens is 3. The molecule has 1 aromatic carbocycles. The van der Waals surface area contributed by atoms with E-state index in [1.165, 1.54) is 0 Å². The van der Waals surface area contributed by atoms with Crippen LogP contribution in [0.15, 0.2) is 18.2 Å². The van der Waals surface area contributed by atoms with E-state index in [1.54, 1.807) is 12.1 Å². The minimum absolute atomic E-state index is 0.203. The van der Waals surface area contributed by atoms with Crippen molar-refractivity contribution in [2.75, 3.05) is 11.9 Å². The second kappa shape index (κ2) is 7.22. The summed E-state index contributed by atoms with van der Waals surface area (Å²) in [6.07, 6.45) is 2.69. The number of nitrogens with one attached hydrogen (secondary N) is 1. The number of hydrogen-bond acceptors (Lipinski definition) is 4. The lowest BCUT2D eigenvalue weighted by atomic mass is 10.1. The summed E-state index contributed by atoms with van der Waals surface area (Å²) >= 11 is 18.3. The minimum Gasteiger partial charge on any atom is -0.365 e. The van der Waals surface area contributed by atoms with Crippen LogP contribution in [0.5, 0.6) is 0 Å². The van der Waals surface area contributed by atoms with Crippen molar-refractivity contribution in [3.63, 3.8) is 0 Å². The number of anilines is 1. The first-order valence-corrected chi connectivity index (χ1v) is 9.66. The quantitative estimate of drug-likeness (QED) is 0.760. The van der Waals surface area contributed by atoms with Gasteiger partial charge in [0.2, 0.25) is 11.2 Å². The molecule has 1 aliphatic heterocycles. The van der Waals surface area contributed by atoms with Crippen LogP contribution in [0.25, 0.3) is 0 Å². The maximum Gasteiger partial charge on any atom is 0.225 e. The molecule has 2 aromatic rings. The molecule has 1 fully saturated rings. The number of amides is 1. The highest BCUT2D eigenvalue weighted by molar-refractivity contribution is 6.35. The Morgan fingerprint density at radius 1 is 1.23 bits per heavy atom. The molecule has 4 rings (SSSR count). The van der Waals surface area contributed by atoms with Crippen molar-refractivity contribution in [1.82, 2.24) is 14.9 Å². The third-order valence-corrected chi connectivity index (χ3v) is 5.49. The fraction of sp³-hybridized carbons (Fsp3) is 0.389. The van der Waals surface area contributed by atoms with E-state index in [2.05, 4.69) is 15.3 Å². The molecular formula is C18H17Cl3N4O. The van der Waals surface area contributed by atoms with Crippen LogP contribution in [-0.4, -0.2) is 27.3 Å². The fourth-order valence-electron chi connectivity index (χ4n) is 3.15. The Kier molecular flexibility index (Phi) is 4.95. The third kappa shape index (κ3) is 3.75. The van der Waals surface area contributed by atoms with E-state index < -0.39 is 0 Å². The maximum absolute atomic E-state index is 12.4. The second-order valence-corrected chi connectivity index (χ2v) is 7.82. The largest absolute Gasteiger partial charge is 0.365 e. The number of carbonyl (C=O) groups excluding carboxylic acids is 1. The summed E-state index contributed by atoms with van der Waals surface area (Å²) in [6.45, 7) is 1.67. The summed E-state index contributed by atoms with van der Waals surface area (Å²) in [5, 5.41) is 4.68. The summed E-state index contributed by atoms with van der Waals surface area (Å²) < 4.78 is 0. The average molecular weight is 412 g/mol. The molecular weight excluding hydrogens is 395 g/mol. The van der Waals surface area contributed by atoms with Gasteiger partial charge in [-0.05, 0) is 42.1 Å². The van der Waals surface area contributed by atoms with Crippen molar-refractivity contribution in [2.24, 2.45) is 5.92 Å². The van der Waals surface area contributed by atoms with Crippen molar-refractivity contribution in [3.05, 3.63) is 50.3 Å². The van der Waals surface area contributed by atoms with Crippen LogP contribution >= 0.6 is 34.8 Å². The van der Waals surface area contributed by atoms with Gasteiger partial charge in [0.25, 0.3) is 0 Å². The predicted octanol–water partition coefficient (Wildman–Crippen LogP) is 4.34. The average Bonchev–Trinajstić information content (AvgIpc) is 3.45. The molecule has 0 radical (unpaired) electrons. The Morgan fingerprint density at radius 2 is 2.04 bits per heavy atom. The molecule has 136 valence electrons. The van der Waals surface area contributed by atoms with Crippen LogP contribution in [0.4, 0.5) is 5.82 Å². The van der Waals surface area contributed by atoms with Gasteiger partial charge in [0.1, 0.15) is 5.82 Å². The third-order valence-electron chi connectivity index (χ3n) is 4.73. The van der Waals surface area contributed by atoms with Crippen LogP contribution in [-0.2, 0) is 24.3 Å². The molecule has 0 unspecified atom stereocenters. The second-order valence-electron chi connectivity index (χ2n) is 6.64. The Labute approximate surface area is 166 Å². The summed E-state index contributed by atoms with van der Waals surface area (Å²) in [7, 11) is 0. The highest BCUT2D eigenvalue weighted by Crippen LogP contribution is 2.34. The molecule has 5 nitrogen and oxygen atoms in total. The topological polar surface area (TPSA) is 58.1 Å². The molecule has 1 aliphatic carbocycles.